The van der Waals surface area contributed by atoms with Gasteiger partial charge in [0.2, 0.25) is 0 Å². The highest BCUT2D eigenvalue weighted by Gasteiger charge is 2.17. The maximum atomic E-state index is 14.7. The zero-order chi connectivity index (χ0) is 26.6. The lowest BCUT2D eigenvalue weighted by molar-refractivity contribution is 0.0975. The third-order valence-corrected chi connectivity index (χ3v) is 6.51. The van der Waals surface area contributed by atoms with Crippen LogP contribution in [-0.2, 0) is 19.4 Å². The molecule has 0 aliphatic rings. The molecule has 3 aromatic carbocycles. The van der Waals surface area contributed by atoms with E-state index in [0.717, 1.165) is 36.0 Å². The minimum Gasteiger partial charge on any atom is -0.496 e. The van der Waals surface area contributed by atoms with Gasteiger partial charge in [0.25, 0.3) is 5.91 Å². The summed E-state index contributed by atoms with van der Waals surface area (Å²) in [6.45, 7) is 2.34. The first-order valence-electron chi connectivity index (χ1n) is 12.3. The Morgan fingerprint density at radius 1 is 1.08 bits per heavy atom. The number of benzene rings is 3. The first-order chi connectivity index (χ1) is 17.9. The summed E-state index contributed by atoms with van der Waals surface area (Å²) >= 11 is 3.46. The van der Waals surface area contributed by atoms with Gasteiger partial charge in [0.1, 0.15) is 11.6 Å². The molecule has 0 radical (unpaired) electrons. The maximum absolute atomic E-state index is 14.7. The van der Waals surface area contributed by atoms with Gasteiger partial charge in [-0.05, 0) is 80.7 Å². The Kier molecular flexibility index (Phi) is 11.1. The second kappa shape index (κ2) is 14.5. The number of carbonyl (C=O) groups excluding carboxylic acids is 1. The number of aryl methyl sites for hydroxylation is 1. The van der Waals surface area contributed by atoms with E-state index in [1.165, 1.54) is 17.7 Å². The molecule has 0 heterocycles. The number of carbonyl (C=O) groups is 1. The average Bonchev–Trinajstić information content (AvgIpc) is 2.88. The highest BCUT2D eigenvalue weighted by molar-refractivity contribution is 9.10. The van der Waals surface area contributed by atoms with E-state index < -0.39 is 11.7 Å². The number of halogens is 2. The van der Waals surface area contributed by atoms with Gasteiger partial charge in [-0.15, -0.1) is 0 Å². The summed E-state index contributed by atoms with van der Waals surface area (Å²) in [6, 6.07) is 20.5. The van der Waals surface area contributed by atoms with Crippen molar-refractivity contribution in [2.75, 3.05) is 27.2 Å². The zero-order valence-corrected chi connectivity index (χ0v) is 22.9. The van der Waals surface area contributed by atoms with Crippen molar-refractivity contribution in [3.05, 3.63) is 99.3 Å². The summed E-state index contributed by atoms with van der Waals surface area (Å²) < 4.78 is 21.0. The van der Waals surface area contributed by atoms with E-state index in [9.17, 15) is 9.18 Å². The second-order valence-corrected chi connectivity index (χ2v) is 9.79. The highest BCUT2D eigenvalue weighted by Crippen LogP contribution is 2.25. The van der Waals surface area contributed by atoms with Gasteiger partial charge < -0.3 is 15.4 Å². The van der Waals surface area contributed by atoms with Crippen LogP contribution in [0.4, 0.5) is 4.39 Å². The van der Waals surface area contributed by atoms with Gasteiger partial charge in [0.05, 0.1) is 7.11 Å². The van der Waals surface area contributed by atoms with Gasteiger partial charge in [0, 0.05) is 28.7 Å². The van der Waals surface area contributed by atoms with Gasteiger partial charge in [-0.3, -0.25) is 15.1 Å². The van der Waals surface area contributed by atoms with Crippen LogP contribution in [0.1, 0.15) is 39.9 Å². The maximum Gasteiger partial charge on any atom is 0.258 e. The van der Waals surface area contributed by atoms with Crippen molar-refractivity contribution >= 4 is 27.8 Å². The fraction of sp³-hybridized carbons (Fsp3) is 0.310. The molecular formula is C29H34BrFN4O2. The molecule has 0 aliphatic heterocycles. The fourth-order valence-electron chi connectivity index (χ4n) is 4.12. The van der Waals surface area contributed by atoms with E-state index in [0.29, 0.717) is 30.7 Å². The first-order valence-corrected chi connectivity index (χ1v) is 13.1. The molecule has 196 valence electrons. The van der Waals surface area contributed by atoms with Crippen molar-refractivity contribution in [3.63, 3.8) is 0 Å². The van der Waals surface area contributed by atoms with Gasteiger partial charge in [-0.25, -0.2) is 4.39 Å². The van der Waals surface area contributed by atoms with E-state index >= 15 is 0 Å². The van der Waals surface area contributed by atoms with Crippen LogP contribution in [0.2, 0.25) is 0 Å². The lowest BCUT2D eigenvalue weighted by Gasteiger charge is -2.16. The normalized spacial score (nSPS) is 11.5. The fourth-order valence-corrected chi connectivity index (χ4v) is 4.53. The Balaban J connectivity index is 1.51. The molecule has 0 aromatic heterocycles. The van der Waals surface area contributed by atoms with Crippen molar-refractivity contribution in [3.8, 4) is 5.75 Å². The number of methoxy groups -OCH3 is 1. The summed E-state index contributed by atoms with van der Waals surface area (Å²) in [4.78, 5) is 19.4. The van der Waals surface area contributed by atoms with Crippen molar-refractivity contribution < 1.29 is 13.9 Å². The molecule has 3 rings (SSSR count). The lowest BCUT2D eigenvalue weighted by Crippen LogP contribution is -2.37. The van der Waals surface area contributed by atoms with E-state index in [4.69, 9.17) is 10.5 Å². The first kappa shape index (κ1) is 28.3. The van der Waals surface area contributed by atoms with Gasteiger partial charge in [-0.2, -0.15) is 0 Å². The number of ether oxygens (including phenoxy) is 1. The molecule has 0 atom stereocenters. The summed E-state index contributed by atoms with van der Waals surface area (Å²) in [6.07, 6.45) is 2.64. The van der Waals surface area contributed by atoms with Crippen LogP contribution >= 0.6 is 15.9 Å². The predicted octanol–water partition coefficient (Wildman–Crippen LogP) is 5.34. The van der Waals surface area contributed by atoms with Crippen LogP contribution in [0.25, 0.3) is 0 Å². The molecule has 6 nitrogen and oxygen atoms in total. The Labute approximate surface area is 226 Å². The Hall–Kier alpha value is -3.23. The van der Waals surface area contributed by atoms with Crippen LogP contribution in [0.3, 0.4) is 0 Å². The number of guanidine groups is 1. The smallest absolute Gasteiger partial charge is 0.258 e. The standard InChI is InChI=1S/C29H34BrFN4O2/c1-35(20-21-9-4-3-5-10-21)18-7-6-17-33-29(32)34-28(36)25-11-8-12-26(31)24(25)15-13-22-19-23(30)14-16-27(22)37-2/h3-5,8-12,14,16,19H,6-7,13,15,17-18,20H2,1-2H3,(H3,32,33,34,36). The number of unbranched alkanes of at least 4 members (excludes halogenated alkanes) is 1. The summed E-state index contributed by atoms with van der Waals surface area (Å²) in [5.74, 6) is -0.156. The molecule has 1 amide bonds. The molecule has 0 fully saturated rings. The number of aliphatic imine (C=N–C) groups is 1. The van der Waals surface area contributed by atoms with Crippen molar-refractivity contribution in [1.82, 2.24) is 10.2 Å². The van der Waals surface area contributed by atoms with Crippen LogP contribution < -0.4 is 15.8 Å². The summed E-state index contributed by atoms with van der Waals surface area (Å²) in [5.41, 5.74) is 8.73. The van der Waals surface area contributed by atoms with E-state index in [1.54, 1.807) is 13.2 Å². The van der Waals surface area contributed by atoms with E-state index in [2.05, 4.69) is 50.3 Å². The van der Waals surface area contributed by atoms with Gasteiger partial charge >= 0.3 is 0 Å². The van der Waals surface area contributed by atoms with Gasteiger partial charge in [0.15, 0.2) is 5.96 Å². The SMILES string of the molecule is COc1ccc(Br)cc1CCc1c(F)cccc1C(=O)NC(N)=NCCCCN(C)Cc1ccccc1. The quantitative estimate of drug-likeness (QED) is 0.175. The topological polar surface area (TPSA) is 79.9 Å². The molecule has 3 N–H and O–H groups in total. The number of nitrogens with two attached hydrogens (primary N) is 1. The van der Waals surface area contributed by atoms with Crippen molar-refractivity contribution in [2.45, 2.75) is 32.2 Å². The molecular weight excluding hydrogens is 535 g/mol. The third kappa shape index (κ3) is 8.98. The van der Waals surface area contributed by atoms with E-state index in [-0.39, 0.29) is 11.5 Å². The predicted molar refractivity (Wildman–Crippen MR) is 150 cm³/mol. The number of rotatable bonds is 12. The minimum absolute atomic E-state index is 0.0338. The molecule has 0 aliphatic carbocycles. The van der Waals surface area contributed by atoms with Crippen LogP contribution in [0, 0.1) is 5.82 Å². The summed E-state index contributed by atoms with van der Waals surface area (Å²) in [5, 5.41) is 2.61. The van der Waals surface area contributed by atoms with Crippen molar-refractivity contribution in [1.29, 1.82) is 0 Å². The molecule has 0 saturated heterocycles. The number of hydrogen-bond donors (Lipinski definition) is 2. The average molecular weight is 570 g/mol. The van der Waals surface area contributed by atoms with E-state index in [1.807, 2.05) is 36.4 Å². The minimum atomic E-state index is -0.473. The lowest BCUT2D eigenvalue weighted by atomic mass is 9.98. The second-order valence-electron chi connectivity index (χ2n) is 8.87. The Morgan fingerprint density at radius 3 is 2.62 bits per heavy atom. The Bertz CT molecular complexity index is 1200. The largest absolute Gasteiger partial charge is 0.496 e. The zero-order valence-electron chi connectivity index (χ0n) is 21.3. The van der Waals surface area contributed by atoms with Crippen LogP contribution in [-0.4, -0.2) is 44.0 Å². The number of hydrogen-bond acceptors (Lipinski definition) is 4. The molecule has 0 spiro atoms. The highest BCUT2D eigenvalue weighted by atomic mass is 79.9. The van der Waals surface area contributed by atoms with Gasteiger partial charge in [-0.1, -0.05) is 52.3 Å². The van der Waals surface area contributed by atoms with Crippen LogP contribution in [0.15, 0.2) is 76.2 Å². The third-order valence-electron chi connectivity index (χ3n) is 6.02. The van der Waals surface area contributed by atoms with Crippen LogP contribution in [0.5, 0.6) is 5.75 Å². The Morgan fingerprint density at radius 2 is 1.86 bits per heavy atom. The molecule has 8 heteroatoms. The monoisotopic (exact) mass is 568 g/mol. The molecule has 0 bridgehead atoms. The molecule has 3 aromatic rings. The molecule has 0 unspecified atom stereocenters. The number of nitrogens with zero attached hydrogens (tertiary/aromatic N) is 2. The molecule has 37 heavy (non-hydrogen) atoms. The summed E-state index contributed by atoms with van der Waals surface area (Å²) in [7, 11) is 3.69. The molecule has 0 saturated carbocycles. The number of amides is 1. The van der Waals surface area contributed by atoms with Crippen molar-refractivity contribution in [2.24, 2.45) is 10.7 Å². The number of nitrogens with one attached hydrogen (secondary N) is 1.